The molecule has 1 unspecified atom stereocenters. The number of methoxy groups -OCH3 is 1. The Morgan fingerprint density at radius 2 is 1.76 bits per heavy atom. The summed E-state index contributed by atoms with van der Waals surface area (Å²) >= 11 is 0. The average molecular weight is 566 g/mol. The molecule has 0 amide bonds. The van der Waals surface area contributed by atoms with Crippen molar-refractivity contribution in [1.29, 1.82) is 0 Å². The van der Waals surface area contributed by atoms with E-state index in [-0.39, 0.29) is 36.4 Å². The van der Waals surface area contributed by atoms with Gasteiger partial charge in [-0.15, -0.1) is 12.4 Å². The lowest BCUT2D eigenvalue weighted by atomic mass is 9.92. The third-order valence-corrected chi connectivity index (χ3v) is 9.21. The first kappa shape index (κ1) is 32.2. The molecule has 0 aliphatic carbocycles. The number of sulfonamides is 1. The number of benzene rings is 2. The molecule has 0 radical (unpaired) electrons. The maximum absolute atomic E-state index is 13.2. The molecule has 1 N–H and O–H groups in total. The molecule has 9 heteroatoms. The zero-order valence-electron chi connectivity index (χ0n) is 22.9. The summed E-state index contributed by atoms with van der Waals surface area (Å²) in [6.45, 7) is 5.14. The zero-order chi connectivity index (χ0) is 26.7. The molecular weight excluding hydrogens is 522 g/mol. The maximum atomic E-state index is 13.2. The van der Waals surface area contributed by atoms with Crippen molar-refractivity contribution in [3.63, 3.8) is 0 Å². The minimum Gasteiger partial charge on any atom is -0.469 e. The number of likely N-dealkylation sites (tertiary alicyclic amines) is 1. The molecule has 1 heterocycles. The van der Waals surface area contributed by atoms with Crippen LogP contribution in [0.25, 0.3) is 0 Å². The normalized spacial score (nSPS) is 19.1. The summed E-state index contributed by atoms with van der Waals surface area (Å²) in [4.78, 5) is 15.0. The van der Waals surface area contributed by atoms with Crippen LogP contribution in [0.2, 0.25) is 0 Å². The minimum absolute atomic E-state index is 0. The van der Waals surface area contributed by atoms with E-state index >= 15 is 0 Å². The Kier molecular flexibility index (Phi) is 13.8. The van der Waals surface area contributed by atoms with Crippen LogP contribution in [0.4, 0.5) is 0 Å². The molecule has 212 valence electrons. The van der Waals surface area contributed by atoms with Crippen molar-refractivity contribution in [2.75, 3.05) is 40.3 Å². The molecule has 0 bridgehead atoms. The lowest BCUT2D eigenvalue weighted by molar-refractivity contribution is -0.148. The molecule has 7 nitrogen and oxygen atoms in total. The van der Waals surface area contributed by atoms with E-state index in [1.54, 1.807) is 31.3 Å². The maximum Gasteiger partial charge on any atom is 0.308 e. The Hall–Kier alpha value is -1.97. The number of nitrogens with one attached hydrogen (secondary N) is 1. The standard InChI is InChI=1S/C29H43N3O4S.ClH/c1-4-5-12-19-30-28-22-25(29(33)36-3)17-20-32(28)21-18-26(24-13-8-6-9-14-24)23-31(2)37(34,35)27-15-10-7-11-16-27;/h6-11,13-16,25-26,28,30H,4-5,12,17-23H2,1-3H3;1H/t25-,26?,28+;/m0./s1. The quantitative estimate of drug-likeness (QED) is 0.259. The molecule has 1 aliphatic rings. The van der Waals surface area contributed by atoms with Crippen LogP contribution in [0.1, 0.15) is 56.9 Å². The molecule has 1 aliphatic heterocycles. The lowest BCUT2D eigenvalue weighted by Gasteiger charge is -2.40. The van der Waals surface area contributed by atoms with Gasteiger partial charge in [-0.3, -0.25) is 9.69 Å². The number of carbonyl (C=O) groups excluding carboxylic acids is 1. The first-order valence-electron chi connectivity index (χ1n) is 13.5. The topological polar surface area (TPSA) is 79.0 Å². The summed E-state index contributed by atoms with van der Waals surface area (Å²) in [6.07, 6.45) is 5.89. The Labute approximate surface area is 235 Å². The van der Waals surface area contributed by atoms with Crippen molar-refractivity contribution < 1.29 is 17.9 Å². The summed E-state index contributed by atoms with van der Waals surface area (Å²) in [5, 5.41) is 3.68. The van der Waals surface area contributed by atoms with E-state index in [9.17, 15) is 13.2 Å². The number of halogens is 1. The van der Waals surface area contributed by atoms with E-state index in [0.29, 0.717) is 11.4 Å². The van der Waals surface area contributed by atoms with Crippen molar-refractivity contribution in [3.8, 4) is 0 Å². The van der Waals surface area contributed by atoms with Gasteiger partial charge in [-0.2, -0.15) is 0 Å². The summed E-state index contributed by atoms with van der Waals surface area (Å²) in [6, 6.07) is 18.8. The molecular formula is C29H44ClN3O4S. The van der Waals surface area contributed by atoms with E-state index in [2.05, 4.69) is 29.3 Å². The Morgan fingerprint density at radius 3 is 2.39 bits per heavy atom. The number of carbonyl (C=O) groups is 1. The third kappa shape index (κ3) is 9.06. The number of unbranched alkanes of at least 4 members (excludes halogenated alkanes) is 2. The van der Waals surface area contributed by atoms with Crippen LogP contribution in [0.3, 0.4) is 0 Å². The third-order valence-electron chi connectivity index (χ3n) is 7.37. The summed E-state index contributed by atoms with van der Waals surface area (Å²) in [5.74, 6) is -0.171. The van der Waals surface area contributed by atoms with Gasteiger partial charge in [0.2, 0.25) is 10.0 Å². The summed E-state index contributed by atoms with van der Waals surface area (Å²) in [7, 11) is -0.451. The van der Waals surface area contributed by atoms with E-state index in [1.165, 1.54) is 24.3 Å². The predicted octanol–water partition coefficient (Wildman–Crippen LogP) is 4.89. The van der Waals surface area contributed by atoms with Crippen LogP contribution in [-0.4, -0.2) is 70.1 Å². The highest BCUT2D eigenvalue weighted by Crippen LogP contribution is 2.27. The van der Waals surface area contributed by atoms with Gasteiger partial charge in [0, 0.05) is 26.7 Å². The van der Waals surface area contributed by atoms with Crippen LogP contribution in [0, 0.1) is 5.92 Å². The molecule has 3 atom stereocenters. The number of hydrogen-bond acceptors (Lipinski definition) is 6. The van der Waals surface area contributed by atoms with Crippen LogP contribution >= 0.6 is 12.4 Å². The molecule has 1 saturated heterocycles. The minimum atomic E-state index is -3.58. The molecule has 1 fully saturated rings. The second-order valence-corrected chi connectivity index (χ2v) is 12.0. The fourth-order valence-corrected chi connectivity index (χ4v) is 6.35. The predicted molar refractivity (Wildman–Crippen MR) is 155 cm³/mol. The Morgan fingerprint density at radius 1 is 1.11 bits per heavy atom. The van der Waals surface area contributed by atoms with Crippen molar-refractivity contribution in [3.05, 3.63) is 66.2 Å². The van der Waals surface area contributed by atoms with E-state index in [4.69, 9.17) is 4.74 Å². The van der Waals surface area contributed by atoms with Crippen molar-refractivity contribution in [2.24, 2.45) is 5.92 Å². The van der Waals surface area contributed by atoms with Crippen molar-refractivity contribution >= 4 is 28.4 Å². The van der Waals surface area contributed by atoms with Gasteiger partial charge in [0.15, 0.2) is 0 Å². The van der Waals surface area contributed by atoms with Gasteiger partial charge in [0.05, 0.1) is 24.1 Å². The van der Waals surface area contributed by atoms with Gasteiger partial charge >= 0.3 is 5.97 Å². The number of hydrogen-bond donors (Lipinski definition) is 1. The second kappa shape index (κ2) is 16.2. The largest absolute Gasteiger partial charge is 0.469 e. The van der Waals surface area contributed by atoms with Crippen LogP contribution < -0.4 is 5.32 Å². The number of nitrogens with zero attached hydrogens (tertiary/aromatic N) is 2. The number of rotatable bonds is 14. The van der Waals surface area contributed by atoms with Gasteiger partial charge in [-0.05, 0) is 55.8 Å². The van der Waals surface area contributed by atoms with Crippen molar-refractivity contribution in [1.82, 2.24) is 14.5 Å². The Balaban J connectivity index is 0.00000507. The molecule has 2 aromatic rings. The smallest absolute Gasteiger partial charge is 0.308 e. The molecule has 0 aromatic heterocycles. The van der Waals surface area contributed by atoms with E-state index in [0.717, 1.165) is 50.9 Å². The van der Waals surface area contributed by atoms with Gasteiger partial charge in [-0.25, -0.2) is 12.7 Å². The van der Waals surface area contributed by atoms with Crippen LogP contribution in [0.5, 0.6) is 0 Å². The SMILES string of the molecule is CCCCCN[C@H]1C[C@@H](C(=O)OC)CCN1CCC(CN(C)S(=O)(=O)c1ccccc1)c1ccccc1.Cl. The molecule has 0 saturated carbocycles. The molecule has 0 spiro atoms. The highest BCUT2D eigenvalue weighted by atomic mass is 35.5. The number of likely N-dealkylation sites (N-methyl/N-ethyl adjacent to an activating group) is 1. The van der Waals surface area contributed by atoms with Gasteiger partial charge < -0.3 is 10.1 Å². The highest BCUT2D eigenvalue weighted by molar-refractivity contribution is 7.89. The molecule has 3 rings (SSSR count). The first-order valence-corrected chi connectivity index (χ1v) is 14.9. The zero-order valence-corrected chi connectivity index (χ0v) is 24.6. The lowest BCUT2D eigenvalue weighted by Crippen LogP contribution is -2.52. The molecule has 38 heavy (non-hydrogen) atoms. The first-order chi connectivity index (χ1) is 17.9. The number of ether oxygens (including phenoxy) is 1. The monoisotopic (exact) mass is 565 g/mol. The number of piperidine rings is 1. The van der Waals surface area contributed by atoms with Gasteiger partial charge in [0.1, 0.15) is 0 Å². The van der Waals surface area contributed by atoms with E-state index in [1.807, 2.05) is 24.3 Å². The molecule has 2 aromatic carbocycles. The second-order valence-electron chi connectivity index (χ2n) is 9.95. The van der Waals surface area contributed by atoms with Gasteiger partial charge in [-0.1, -0.05) is 68.3 Å². The fourth-order valence-electron chi connectivity index (χ4n) is 5.11. The van der Waals surface area contributed by atoms with Crippen LogP contribution in [0.15, 0.2) is 65.6 Å². The average Bonchev–Trinajstić information content (AvgIpc) is 2.94. The summed E-state index contributed by atoms with van der Waals surface area (Å²) in [5.41, 5.74) is 1.13. The Bertz CT molecular complexity index is 1060. The fraction of sp³-hybridized carbons (Fsp3) is 0.552. The highest BCUT2D eigenvalue weighted by Gasteiger charge is 2.33. The van der Waals surface area contributed by atoms with E-state index < -0.39 is 10.0 Å². The van der Waals surface area contributed by atoms with Crippen molar-refractivity contribution in [2.45, 2.75) is 62.4 Å². The number of esters is 1. The van der Waals surface area contributed by atoms with Crippen LogP contribution in [-0.2, 0) is 19.6 Å². The summed E-state index contributed by atoms with van der Waals surface area (Å²) < 4.78 is 33.0. The van der Waals surface area contributed by atoms with Gasteiger partial charge in [0.25, 0.3) is 0 Å².